The van der Waals surface area contributed by atoms with Crippen molar-refractivity contribution in [2.75, 3.05) is 5.73 Å². The molecular weight excluding hydrogens is 182 g/mol. The number of carbonyl (C=O) groups is 1. The highest BCUT2D eigenvalue weighted by Gasteiger charge is 2.17. The average molecular weight is 195 g/mol. The van der Waals surface area contributed by atoms with Gasteiger partial charge in [0.05, 0.1) is 5.69 Å². The van der Waals surface area contributed by atoms with E-state index in [0.717, 1.165) is 0 Å². The zero-order valence-electron chi connectivity index (χ0n) is 8.24. The number of anilines is 1. The minimum Gasteiger partial charge on any atom is -0.478 e. The van der Waals surface area contributed by atoms with Gasteiger partial charge in [0, 0.05) is 0 Å². The van der Waals surface area contributed by atoms with Crippen molar-refractivity contribution in [3.05, 3.63) is 16.8 Å². The number of hydrogen-bond donors (Lipinski definition) is 2. The Hall–Kier alpha value is -1.65. The molecule has 0 aliphatic carbocycles. The summed E-state index contributed by atoms with van der Waals surface area (Å²) in [5, 5.41) is 16.4. The van der Waals surface area contributed by atoms with Crippen LogP contribution in [0.15, 0.2) is 0 Å². The fourth-order valence-electron chi connectivity index (χ4n) is 1.43. The Balaban J connectivity index is 3.42. The van der Waals surface area contributed by atoms with Crippen LogP contribution in [-0.2, 0) is 12.8 Å². The van der Waals surface area contributed by atoms with Gasteiger partial charge in [-0.3, -0.25) is 0 Å². The monoisotopic (exact) mass is 195 g/mol. The molecule has 0 unspecified atom stereocenters. The predicted octanol–water partition coefficient (Wildman–Crippen LogP) is 0.882. The summed E-state index contributed by atoms with van der Waals surface area (Å²) in [6, 6.07) is 0. The lowest BCUT2D eigenvalue weighted by Gasteiger charge is -2.08. The standard InChI is InChI=1S/C9H13N3O2/c1-3-5-6(4-2)11-12-8(10)7(5)9(13)14/h3-4H2,1-2H3,(H2,10,12)(H,13,14). The van der Waals surface area contributed by atoms with Crippen LogP contribution in [0, 0.1) is 0 Å². The molecule has 1 heterocycles. The molecule has 0 saturated heterocycles. The number of aryl methyl sites for hydroxylation is 1. The van der Waals surface area contributed by atoms with E-state index >= 15 is 0 Å². The molecule has 3 N–H and O–H groups in total. The molecule has 1 aromatic rings. The summed E-state index contributed by atoms with van der Waals surface area (Å²) in [5.74, 6) is -1.05. The van der Waals surface area contributed by atoms with Crippen molar-refractivity contribution in [3.8, 4) is 0 Å². The van der Waals surface area contributed by atoms with Crippen LogP contribution in [0.2, 0.25) is 0 Å². The summed E-state index contributed by atoms with van der Waals surface area (Å²) in [4.78, 5) is 10.9. The molecule has 0 saturated carbocycles. The lowest BCUT2D eigenvalue weighted by molar-refractivity contribution is 0.0696. The van der Waals surface area contributed by atoms with Gasteiger partial charge in [-0.15, -0.1) is 5.10 Å². The first-order valence-corrected chi connectivity index (χ1v) is 4.48. The van der Waals surface area contributed by atoms with Gasteiger partial charge in [0.1, 0.15) is 5.56 Å². The second kappa shape index (κ2) is 4.04. The lowest BCUT2D eigenvalue weighted by Crippen LogP contribution is -2.13. The van der Waals surface area contributed by atoms with Crippen LogP contribution in [0.1, 0.15) is 35.5 Å². The molecule has 0 spiro atoms. The number of aromatic nitrogens is 2. The molecule has 5 heteroatoms. The van der Waals surface area contributed by atoms with Crippen LogP contribution < -0.4 is 5.73 Å². The molecule has 0 aliphatic heterocycles. The molecule has 1 rings (SSSR count). The molecule has 0 bridgehead atoms. The molecule has 0 atom stereocenters. The first-order chi connectivity index (χ1) is 6.61. The maximum absolute atomic E-state index is 10.9. The molecule has 0 aromatic carbocycles. The largest absolute Gasteiger partial charge is 0.478 e. The molecule has 5 nitrogen and oxygen atoms in total. The number of rotatable bonds is 3. The van der Waals surface area contributed by atoms with Crippen molar-refractivity contribution in [1.82, 2.24) is 10.2 Å². The zero-order chi connectivity index (χ0) is 10.7. The van der Waals surface area contributed by atoms with E-state index in [-0.39, 0.29) is 11.4 Å². The first-order valence-electron chi connectivity index (χ1n) is 4.48. The van der Waals surface area contributed by atoms with Gasteiger partial charge in [-0.05, 0) is 18.4 Å². The van der Waals surface area contributed by atoms with Gasteiger partial charge >= 0.3 is 5.97 Å². The minimum absolute atomic E-state index is 0.00782. The van der Waals surface area contributed by atoms with Crippen LogP contribution in [0.4, 0.5) is 5.82 Å². The molecule has 0 aliphatic rings. The number of carboxylic acids is 1. The van der Waals surface area contributed by atoms with Crippen LogP contribution in [0.3, 0.4) is 0 Å². The maximum atomic E-state index is 10.9. The van der Waals surface area contributed by atoms with Crippen LogP contribution in [-0.4, -0.2) is 21.3 Å². The molecule has 0 fully saturated rings. The number of hydrogen-bond acceptors (Lipinski definition) is 4. The summed E-state index contributed by atoms with van der Waals surface area (Å²) in [6.45, 7) is 3.78. The highest BCUT2D eigenvalue weighted by Crippen LogP contribution is 2.18. The zero-order valence-corrected chi connectivity index (χ0v) is 8.24. The Morgan fingerprint density at radius 1 is 1.36 bits per heavy atom. The van der Waals surface area contributed by atoms with Gasteiger partial charge in [-0.2, -0.15) is 5.10 Å². The van der Waals surface area contributed by atoms with E-state index in [1.165, 1.54) is 0 Å². The number of nitrogens with zero attached hydrogens (tertiary/aromatic N) is 2. The van der Waals surface area contributed by atoms with Gasteiger partial charge < -0.3 is 10.8 Å². The van der Waals surface area contributed by atoms with E-state index in [9.17, 15) is 4.79 Å². The average Bonchev–Trinajstić information content (AvgIpc) is 2.16. The van der Waals surface area contributed by atoms with Crippen LogP contribution in [0.5, 0.6) is 0 Å². The van der Waals surface area contributed by atoms with Crippen molar-refractivity contribution in [2.45, 2.75) is 26.7 Å². The van der Waals surface area contributed by atoms with E-state index in [2.05, 4.69) is 10.2 Å². The van der Waals surface area contributed by atoms with Gasteiger partial charge in [-0.25, -0.2) is 4.79 Å². The number of nitrogens with two attached hydrogens (primary N) is 1. The third-order valence-corrected chi connectivity index (χ3v) is 2.09. The second-order valence-corrected chi connectivity index (χ2v) is 2.90. The highest BCUT2D eigenvalue weighted by molar-refractivity contribution is 5.94. The first kappa shape index (κ1) is 10.4. The summed E-state index contributed by atoms with van der Waals surface area (Å²) < 4.78 is 0. The van der Waals surface area contributed by atoms with Gasteiger partial charge in [0.15, 0.2) is 5.82 Å². The normalized spacial score (nSPS) is 10.1. The maximum Gasteiger partial charge on any atom is 0.339 e. The van der Waals surface area contributed by atoms with Crippen molar-refractivity contribution in [2.24, 2.45) is 0 Å². The van der Waals surface area contributed by atoms with E-state index in [0.29, 0.717) is 24.1 Å². The lowest BCUT2D eigenvalue weighted by atomic mass is 10.0. The van der Waals surface area contributed by atoms with Gasteiger partial charge in [-0.1, -0.05) is 13.8 Å². The summed E-state index contributed by atoms with van der Waals surface area (Å²) in [5.41, 5.74) is 6.96. The minimum atomic E-state index is -1.04. The summed E-state index contributed by atoms with van der Waals surface area (Å²) in [6.07, 6.45) is 1.27. The van der Waals surface area contributed by atoms with Crippen LogP contribution in [0.25, 0.3) is 0 Å². The molecule has 1 aromatic heterocycles. The molecular formula is C9H13N3O2. The topological polar surface area (TPSA) is 89.1 Å². The van der Waals surface area contributed by atoms with Crippen molar-refractivity contribution in [3.63, 3.8) is 0 Å². The summed E-state index contributed by atoms with van der Waals surface area (Å²) >= 11 is 0. The third kappa shape index (κ3) is 1.66. The van der Waals surface area contributed by atoms with Crippen molar-refractivity contribution >= 4 is 11.8 Å². The van der Waals surface area contributed by atoms with Gasteiger partial charge in [0.2, 0.25) is 0 Å². The molecule has 0 amide bonds. The van der Waals surface area contributed by atoms with Crippen molar-refractivity contribution in [1.29, 1.82) is 0 Å². The SMILES string of the molecule is CCc1nnc(N)c(C(=O)O)c1CC. The highest BCUT2D eigenvalue weighted by atomic mass is 16.4. The van der Waals surface area contributed by atoms with E-state index < -0.39 is 5.97 Å². The van der Waals surface area contributed by atoms with Crippen molar-refractivity contribution < 1.29 is 9.90 Å². The Morgan fingerprint density at radius 3 is 2.43 bits per heavy atom. The molecule has 14 heavy (non-hydrogen) atoms. The quantitative estimate of drug-likeness (QED) is 0.747. The van der Waals surface area contributed by atoms with E-state index in [4.69, 9.17) is 10.8 Å². The number of carboxylic acid groups (broad SMARTS) is 1. The Bertz CT molecular complexity index is 363. The second-order valence-electron chi connectivity index (χ2n) is 2.90. The smallest absolute Gasteiger partial charge is 0.339 e. The summed E-state index contributed by atoms with van der Waals surface area (Å²) in [7, 11) is 0. The van der Waals surface area contributed by atoms with E-state index in [1.54, 1.807) is 0 Å². The fourth-order valence-corrected chi connectivity index (χ4v) is 1.43. The Kier molecular flexibility index (Phi) is 3.01. The Morgan fingerprint density at radius 2 is 2.00 bits per heavy atom. The predicted molar refractivity (Wildman–Crippen MR) is 52.2 cm³/mol. The molecule has 76 valence electrons. The van der Waals surface area contributed by atoms with E-state index in [1.807, 2.05) is 13.8 Å². The third-order valence-electron chi connectivity index (χ3n) is 2.09. The van der Waals surface area contributed by atoms with Crippen LogP contribution >= 0.6 is 0 Å². The fraction of sp³-hybridized carbons (Fsp3) is 0.444. The number of aromatic carboxylic acids is 1. The van der Waals surface area contributed by atoms with Gasteiger partial charge in [0.25, 0.3) is 0 Å². The molecule has 0 radical (unpaired) electrons. The number of nitrogen functional groups attached to an aromatic ring is 1. The Labute approximate surface area is 82.0 Å².